The maximum Gasteiger partial charge on any atom is 0.285 e. The molecule has 2 fully saturated rings. The van der Waals surface area contributed by atoms with Gasteiger partial charge in [-0.3, -0.25) is 4.79 Å². The van der Waals surface area contributed by atoms with Crippen molar-refractivity contribution in [1.29, 1.82) is 0 Å². The zero-order valence-corrected chi connectivity index (χ0v) is 19.8. The molecule has 5 rings (SSSR count). The van der Waals surface area contributed by atoms with Gasteiger partial charge in [-0.05, 0) is 38.3 Å². The Labute approximate surface area is 192 Å². The van der Waals surface area contributed by atoms with Gasteiger partial charge in [0.25, 0.3) is 10.0 Å². The van der Waals surface area contributed by atoms with Crippen LogP contribution in [0.2, 0.25) is 0 Å². The second kappa shape index (κ2) is 7.94. The molecule has 176 valence electrons. The van der Waals surface area contributed by atoms with E-state index in [2.05, 4.69) is 14.8 Å². The molecule has 4 heterocycles. The Morgan fingerprint density at radius 1 is 1.09 bits per heavy atom. The molecule has 1 atom stereocenters. The minimum absolute atomic E-state index is 0.0296. The second-order valence-electron chi connectivity index (χ2n) is 8.81. The van der Waals surface area contributed by atoms with Crippen LogP contribution in [0.1, 0.15) is 36.6 Å². The SMILES string of the molecule is Cc1cc(NC(=O)C2CCN(C3=NS(=O)(=O)c4ccccc43)CC2)n(C2CCS(=O)(=O)C2)n1. The van der Waals surface area contributed by atoms with Gasteiger partial charge >= 0.3 is 0 Å². The van der Waals surface area contributed by atoms with Crippen LogP contribution in [0.5, 0.6) is 0 Å². The Morgan fingerprint density at radius 3 is 2.52 bits per heavy atom. The number of rotatable bonds is 3. The van der Waals surface area contributed by atoms with E-state index in [0.29, 0.717) is 55.3 Å². The average molecular weight is 492 g/mol. The number of carbonyl (C=O) groups excluding carboxylic acids is 1. The van der Waals surface area contributed by atoms with E-state index >= 15 is 0 Å². The summed E-state index contributed by atoms with van der Waals surface area (Å²) in [6.45, 7) is 2.84. The molecule has 10 nitrogen and oxygen atoms in total. The maximum absolute atomic E-state index is 13.0. The van der Waals surface area contributed by atoms with E-state index in [-0.39, 0.29) is 34.3 Å². The molecule has 0 spiro atoms. The number of fused-ring (bicyclic) bond motifs is 1. The Bertz CT molecular complexity index is 1360. The third-order valence-electron chi connectivity index (χ3n) is 6.44. The molecule has 12 heteroatoms. The van der Waals surface area contributed by atoms with E-state index in [1.165, 1.54) is 0 Å². The Kier molecular flexibility index (Phi) is 5.31. The van der Waals surface area contributed by atoms with E-state index in [9.17, 15) is 21.6 Å². The quantitative estimate of drug-likeness (QED) is 0.686. The molecule has 1 aromatic heterocycles. The third-order valence-corrected chi connectivity index (χ3v) is 9.52. The van der Waals surface area contributed by atoms with Crippen LogP contribution in [-0.2, 0) is 24.7 Å². The molecule has 1 amide bonds. The first-order valence-electron chi connectivity index (χ1n) is 10.9. The molecule has 0 bridgehead atoms. The van der Waals surface area contributed by atoms with E-state index < -0.39 is 19.9 Å². The number of amides is 1. The fourth-order valence-electron chi connectivity index (χ4n) is 4.75. The van der Waals surface area contributed by atoms with Crippen molar-refractivity contribution in [1.82, 2.24) is 14.7 Å². The van der Waals surface area contributed by atoms with Gasteiger partial charge in [0, 0.05) is 30.6 Å². The number of sulfone groups is 1. The number of sulfonamides is 1. The molecule has 0 saturated carbocycles. The normalized spacial score (nSPS) is 23.8. The minimum Gasteiger partial charge on any atom is -0.355 e. The van der Waals surface area contributed by atoms with Crippen molar-refractivity contribution in [3.8, 4) is 0 Å². The van der Waals surface area contributed by atoms with E-state index in [4.69, 9.17) is 0 Å². The van der Waals surface area contributed by atoms with E-state index in [1.54, 1.807) is 35.0 Å². The predicted octanol–water partition coefficient (Wildman–Crippen LogP) is 1.35. The van der Waals surface area contributed by atoms with Gasteiger partial charge in [-0.1, -0.05) is 12.1 Å². The van der Waals surface area contributed by atoms with Crippen LogP contribution < -0.4 is 5.32 Å². The van der Waals surface area contributed by atoms with Gasteiger partial charge in [-0.15, -0.1) is 4.40 Å². The number of nitrogens with one attached hydrogen (secondary N) is 1. The molecule has 3 aliphatic rings. The first kappa shape index (κ1) is 22.1. The van der Waals surface area contributed by atoms with Crippen LogP contribution in [-0.4, -0.2) is 67.9 Å². The lowest BCUT2D eigenvalue weighted by Gasteiger charge is -2.32. The Balaban J connectivity index is 1.26. The lowest BCUT2D eigenvalue weighted by atomic mass is 9.95. The fraction of sp³-hybridized carbons (Fsp3) is 0.476. The molecule has 33 heavy (non-hydrogen) atoms. The van der Waals surface area contributed by atoms with Crippen molar-refractivity contribution >= 4 is 37.4 Å². The van der Waals surface area contributed by atoms with E-state index in [1.807, 2.05) is 11.8 Å². The number of piperidine rings is 1. The molecule has 1 aromatic carbocycles. The van der Waals surface area contributed by atoms with Crippen LogP contribution in [0, 0.1) is 12.8 Å². The number of anilines is 1. The summed E-state index contributed by atoms with van der Waals surface area (Å²) in [7, 11) is -6.76. The lowest BCUT2D eigenvalue weighted by Crippen LogP contribution is -2.41. The molecule has 1 unspecified atom stereocenters. The van der Waals surface area contributed by atoms with Crippen molar-refractivity contribution in [3.05, 3.63) is 41.6 Å². The lowest BCUT2D eigenvalue weighted by molar-refractivity contribution is -0.121. The Hall–Kier alpha value is -2.73. The Morgan fingerprint density at radius 2 is 1.82 bits per heavy atom. The number of amidine groups is 1. The van der Waals surface area contributed by atoms with Crippen LogP contribution in [0.25, 0.3) is 0 Å². The standard InChI is InChI=1S/C21H25N5O5S2/c1-14-12-19(26(23-14)16-8-11-32(28,29)13-16)22-21(27)15-6-9-25(10-7-15)20-17-4-2-3-5-18(17)33(30,31)24-20/h2-5,12,15-16H,6-11,13H2,1H3,(H,22,27). The van der Waals surface area contributed by atoms with Gasteiger partial charge in [-0.2, -0.15) is 13.5 Å². The molecule has 0 aliphatic carbocycles. The highest BCUT2D eigenvalue weighted by Gasteiger charge is 2.35. The first-order valence-corrected chi connectivity index (χ1v) is 14.2. The number of benzene rings is 1. The number of carbonyl (C=O) groups is 1. The van der Waals surface area contributed by atoms with Gasteiger partial charge in [0.1, 0.15) is 10.7 Å². The highest BCUT2D eigenvalue weighted by molar-refractivity contribution is 7.91. The summed E-state index contributed by atoms with van der Waals surface area (Å²) in [5.74, 6) is 0.736. The minimum atomic E-state index is -3.68. The molecule has 1 N–H and O–H groups in total. The summed E-state index contributed by atoms with van der Waals surface area (Å²) in [6.07, 6.45) is 1.59. The third kappa shape index (κ3) is 4.17. The van der Waals surface area contributed by atoms with Crippen molar-refractivity contribution in [2.75, 3.05) is 29.9 Å². The molecule has 2 saturated heterocycles. The number of aromatic nitrogens is 2. The number of hydrogen-bond acceptors (Lipinski definition) is 7. The molecule has 3 aliphatic heterocycles. The van der Waals surface area contributed by atoms with Crippen molar-refractivity contribution < 1.29 is 21.6 Å². The maximum atomic E-state index is 13.0. The molecular weight excluding hydrogens is 466 g/mol. The van der Waals surface area contributed by atoms with Crippen molar-refractivity contribution in [2.24, 2.45) is 10.3 Å². The molecule has 2 aromatic rings. The molecular formula is C21H25N5O5S2. The van der Waals surface area contributed by atoms with Gasteiger partial charge in [-0.25, -0.2) is 13.1 Å². The van der Waals surface area contributed by atoms with Gasteiger partial charge in [0.15, 0.2) is 15.7 Å². The highest BCUT2D eigenvalue weighted by Crippen LogP contribution is 2.31. The highest BCUT2D eigenvalue weighted by atomic mass is 32.2. The van der Waals surface area contributed by atoms with Crippen LogP contribution in [0.3, 0.4) is 0 Å². The summed E-state index contributed by atoms with van der Waals surface area (Å²) < 4.78 is 54.0. The van der Waals surface area contributed by atoms with Gasteiger partial charge in [0.05, 0.1) is 23.2 Å². The number of aryl methyl sites for hydroxylation is 1. The number of nitrogens with zero attached hydrogens (tertiary/aromatic N) is 4. The summed E-state index contributed by atoms with van der Waals surface area (Å²) in [4.78, 5) is 15.1. The summed E-state index contributed by atoms with van der Waals surface area (Å²) in [5.41, 5.74) is 1.31. The topological polar surface area (TPSA) is 131 Å². The van der Waals surface area contributed by atoms with Crippen LogP contribution >= 0.6 is 0 Å². The van der Waals surface area contributed by atoms with Gasteiger partial charge in [0.2, 0.25) is 5.91 Å². The predicted molar refractivity (Wildman–Crippen MR) is 122 cm³/mol. The summed E-state index contributed by atoms with van der Waals surface area (Å²) in [5, 5.41) is 7.35. The van der Waals surface area contributed by atoms with Crippen LogP contribution in [0.4, 0.5) is 5.82 Å². The zero-order chi connectivity index (χ0) is 23.4. The summed E-state index contributed by atoms with van der Waals surface area (Å²) in [6, 6.07) is 8.26. The number of hydrogen-bond donors (Lipinski definition) is 1. The van der Waals surface area contributed by atoms with E-state index in [0.717, 1.165) is 0 Å². The smallest absolute Gasteiger partial charge is 0.285 e. The van der Waals surface area contributed by atoms with Gasteiger partial charge < -0.3 is 10.2 Å². The number of likely N-dealkylation sites (tertiary alicyclic amines) is 1. The van der Waals surface area contributed by atoms with Crippen molar-refractivity contribution in [3.63, 3.8) is 0 Å². The second-order valence-corrected chi connectivity index (χ2v) is 12.6. The van der Waals surface area contributed by atoms with Crippen molar-refractivity contribution in [2.45, 2.75) is 37.1 Å². The summed E-state index contributed by atoms with van der Waals surface area (Å²) >= 11 is 0. The first-order chi connectivity index (χ1) is 15.6. The average Bonchev–Trinajstić information content (AvgIpc) is 3.41. The molecule has 0 radical (unpaired) electrons. The van der Waals surface area contributed by atoms with Crippen LogP contribution in [0.15, 0.2) is 39.6 Å². The monoisotopic (exact) mass is 491 g/mol. The largest absolute Gasteiger partial charge is 0.355 e. The zero-order valence-electron chi connectivity index (χ0n) is 18.1. The fourth-order valence-corrected chi connectivity index (χ4v) is 7.67.